The van der Waals surface area contributed by atoms with Crippen LogP contribution < -0.4 is 0 Å². The first kappa shape index (κ1) is 14.5. The number of benzene rings is 1. The second kappa shape index (κ2) is 5.59. The van der Waals surface area contributed by atoms with E-state index in [-0.39, 0.29) is 6.54 Å². The number of halogens is 1. The average molecular weight is 276 g/mol. The van der Waals surface area contributed by atoms with Crippen LogP contribution in [-0.4, -0.2) is 28.1 Å². The van der Waals surface area contributed by atoms with Gasteiger partial charge in [-0.05, 0) is 50.9 Å². The lowest BCUT2D eigenvalue weighted by molar-refractivity contribution is -0.153. The van der Waals surface area contributed by atoms with Crippen LogP contribution in [0.1, 0.15) is 37.3 Å². The smallest absolute Gasteiger partial charge is 0.323 e. The van der Waals surface area contributed by atoms with E-state index in [1.807, 2.05) is 6.07 Å². The molecule has 1 saturated heterocycles. The minimum atomic E-state index is -0.965. The van der Waals surface area contributed by atoms with E-state index in [2.05, 4.69) is 0 Å². The largest absolute Gasteiger partial charge is 0.480 e. The van der Waals surface area contributed by atoms with E-state index < -0.39 is 17.3 Å². The van der Waals surface area contributed by atoms with Gasteiger partial charge in [0.25, 0.3) is 0 Å². The minimum Gasteiger partial charge on any atom is -0.480 e. The first-order valence-corrected chi connectivity index (χ1v) is 6.64. The maximum absolute atomic E-state index is 13.8. The van der Waals surface area contributed by atoms with E-state index in [1.165, 1.54) is 18.2 Å². The highest BCUT2D eigenvalue weighted by Gasteiger charge is 2.41. The standard InChI is InChI=1S/C15H17FN2O2/c1-15(14(19)20)6-2-3-7-18(15)10-12-8-11(9-17)4-5-13(12)16/h4-5,8H,2-3,6-7,10H2,1H3,(H,19,20). The van der Waals surface area contributed by atoms with Gasteiger partial charge in [0.2, 0.25) is 0 Å². The molecule has 0 spiro atoms. The van der Waals surface area contributed by atoms with Crippen molar-refractivity contribution < 1.29 is 14.3 Å². The number of carbonyl (C=O) groups is 1. The van der Waals surface area contributed by atoms with Crippen LogP contribution in [0, 0.1) is 17.1 Å². The Morgan fingerprint density at radius 3 is 2.95 bits per heavy atom. The van der Waals surface area contributed by atoms with Gasteiger partial charge in [0.15, 0.2) is 0 Å². The fourth-order valence-corrected chi connectivity index (χ4v) is 2.64. The third-order valence-electron chi connectivity index (χ3n) is 4.04. The van der Waals surface area contributed by atoms with Crippen molar-refractivity contribution in [3.05, 3.63) is 35.1 Å². The van der Waals surface area contributed by atoms with E-state index in [9.17, 15) is 14.3 Å². The number of nitrogens with zero attached hydrogens (tertiary/aromatic N) is 2. The number of hydrogen-bond donors (Lipinski definition) is 1. The van der Waals surface area contributed by atoms with Crippen molar-refractivity contribution in [1.29, 1.82) is 5.26 Å². The number of likely N-dealkylation sites (tertiary alicyclic amines) is 1. The van der Waals surface area contributed by atoms with Crippen LogP contribution in [0.25, 0.3) is 0 Å². The van der Waals surface area contributed by atoms with Crippen LogP contribution in [0.4, 0.5) is 4.39 Å². The minimum absolute atomic E-state index is 0.212. The number of aliphatic carboxylic acids is 1. The van der Waals surface area contributed by atoms with Gasteiger partial charge in [0.1, 0.15) is 11.4 Å². The van der Waals surface area contributed by atoms with E-state index in [0.29, 0.717) is 24.1 Å². The van der Waals surface area contributed by atoms with E-state index >= 15 is 0 Å². The second-order valence-corrected chi connectivity index (χ2v) is 5.38. The zero-order valence-electron chi connectivity index (χ0n) is 11.4. The first-order chi connectivity index (χ1) is 9.47. The Balaban J connectivity index is 2.28. The topological polar surface area (TPSA) is 64.3 Å². The highest BCUT2D eigenvalue weighted by molar-refractivity contribution is 5.78. The van der Waals surface area contributed by atoms with Crippen LogP contribution in [0.2, 0.25) is 0 Å². The van der Waals surface area contributed by atoms with Gasteiger partial charge in [0.05, 0.1) is 11.6 Å². The second-order valence-electron chi connectivity index (χ2n) is 5.38. The molecule has 1 aliphatic heterocycles. The lowest BCUT2D eigenvalue weighted by Crippen LogP contribution is -2.54. The highest BCUT2D eigenvalue weighted by Crippen LogP contribution is 2.30. The highest BCUT2D eigenvalue weighted by atomic mass is 19.1. The Morgan fingerprint density at radius 1 is 1.55 bits per heavy atom. The SMILES string of the molecule is CC1(C(=O)O)CCCCN1Cc1cc(C#N)ccc1F. The van der Waals surface area contributed by atoms with Crippen LogP contribution in [-0.2, 0) is 11.3 Å². The zero-order valence-corrected chi connectivity index (χ0v) is 11.4. The fraction of sp³-hybridized carbons (Fsp3) is 0.467. The summed E-state index contributed by atoms with van der Waals surface area (Å²) in [4.78, 5) is 13.3. The average Bonchev–Trinajstić information content (AvgIpc) is 2.43. The monoisotopic (exact) mass is 276 g/mol. The number of piperidine rings is 1. The normalized spacial score (nSPS) is 23.2. The van der Waals surface area contributed by atoms with E-state index in [1.54, 1.807) is 11.8 Å². The maximum Gasteiger partial charge on any atom is 0.323 e. The Kier molecular flexibility index (Phi) is 4.05. The molecule has 1 fully saturated rings. The Bertz CT molecular complexity index is 567. The molecular weight excluding hydrogens is 259 g/mol. The van der Waals surface area contributed by atoms with Gasteiger partial charge in [-0.15, -0.1) is 0 Å². The van der Waals surface area contributed by atoms with Crippen molar-refractivity contribution in [3.63, 3.8) is 0 Å². The third kappa shape index (κ3) is 2.66. The van der Waals surface area contributed by atoms with Gasteiger partial charge in [-0.1, -0.05) is 0 Å². The summed E-state index contributed by atoms with van der Waals surface area (Å²) in [6.07, 6.45) is 2.32. The number of hydrogen-bond acceptors (Lipinski definition) is 3. The van der Waals surface area contributed by atoms with Gasteiger partial charge < -0.3 is 5.11 Å². The molecule has 106 valence electrons. The van der Waals surface area contributed by atoms with Gasteiger partial charge in [-0.3, -0.25) is 9.69 Å². The van der Waals surface area contributed by atoms with Gasteiger partial charge in [0, 0.05) is 12.1 Å². The van der Waals surface area contributed by atoms with Crippen LogP contribution >= 0.6 is 0 Å². The molecule has 5 heteroatoms. The molecule has 0 saturated carbocycles. The van der Waals surface area contributed by atoms with Crippen molar-refractivity contribution in [3.8, 4) is 6.07 Å². The summed E-state index contributed by atoms with van der Waals surface area (Å²) in [5.41, 5.74) is -0.207. The summed E-state index contributed by atoms with van der Waals surface area (Å²) in [7, 11) is 0. The molecule has 2 rings (SSSR count). The molecule has 1 unspecified atom stereocenters. The molecular formula is C15H17FN2O2. The molecule has 4 nitrogen and oxygen atoms in total. The molecule has 0 aliphatic carbocycles. The van der Waals surface area contributed by atoms with Crippen LogP contribution in [0.5, 0.6) is 0 Å². The molecule has 1 aromatic carbocycles. The molecule has 20 heavy (non-hydrogen) atoms. The Morgan fingerprint density at radius 2 is 2.30 bits per heavy atom. The lowest BCUT2D eigenvalue weighted by Gasteiger charge is -2.41. The van der Waals surface area contributed by atoms with Crippen molar-refractivity contribution in [2.24, 2.45) is 0 Å². The van der Waals surface area contributed by atoms with Gasteiger partial charge in [-0.25, -0.2) is 4.39 Å². The molecule has 1 N–H and O–H groups in total. The molecule has 1 heterocycles. The fourth-order valence-electron chi connectivity index (χ4n) is 2.64. The first-order valence-electron chi connectivity index (χ1n) is 6.64. The third-order valence-corrected chi connectivity index (χ3v) is 4.04. The van der Waals surface area contributed by atoms with E-state index in [0.717, 1.165) is 12.8 Å². The molecule has 1 atom stereocenters. The molecule has 1 aliphatic rings. The predicted molar refractivity (Wildman–Crippen MR) is 71.4 cm³/mol. The predicted octanol–water partition coefficient (Wildman–Crippen LogP) is 2.53. The molecule has 0 radical (unpaired) electrons. The maximum atomic E-state index is 13.8. The quantitative estimate of drug-likeness (QED) is 0.921. The summed E-state index contributed by atoms with van der Waals surface area (Å²) < 4.78 is 13.8. The van der Waals surface area contributed by atoms with Crippen molar-refractivity contribution in [2.75, 3.05) is 6.54 Å². The Hall–Kier alpha value is -1.93. The number of carboxylic acid groups (broad SMARTS) is 1. The van der Waals surface area contributed by atoms with Crippen molar-refractivity contribution >= 4 is 5.97 Å². The molecule has 1 aromatic rings. The number of rotatable bonds is 3. The summed E-state index contributed by atoms with van der Waals surface area (Å²) in [5.74, 6) is -1.28. The summed E-state index contributed by atoms with van der Waals surface area (Å²) >= 11 is 0. The van der Waals surface area contributed by atoms with E-state index in [4.69, 9.17) is 5.26 Å². The number of nitriles is 1. The molecule has 0 aromatic heterocycles. The van der Waals surface area contributed by atoms with Crippen molar-refractivity contribution in [2.45, 2.75) is 38.3 Å². The molecule has 0 bridgehead atoms. The van der Waals surface area contributed by atoms with Crippen molar-refractivity contribution in [1.82, 2.24) is 4.90 Å². The summed E-state index contributed by atoms with van der Waals surface area (Å²) in [6.45, 7) is 2.52. The summed E-state index contributed by atoms with van der Waals surface area (Å²) in [6, 6.07) is 6.15. The number of carboxylic acids is 1. The van der Waals surface area contributed by atoms with Gasteiger partial charge in [-0.2, -0.15) is 5.26 Å². The Labute approximate surface area is 117 Å². The zero-order chi connectivity index (χ0) is 14.8. The lowest BCUT2D eigenvalue weighted by atomic mass is 9.88. The summed E-state index contributed by atoms with van der Waals surface area (Å²) in [5, 5.41) is 18.3. The van der Waals surface area contributed by atoms with Crippen LogP contribution in [0.3, 0.4) is 0 Å². The van der Waals surface area contributed by atoms with Crippen LogP contribution in [0.15, 0.2) is 18.2 Å². The molecule has 0 amide bonds. The van der Waals surface area contributed by atoms with Gasteiger partial charge >= 0.3 is 5.97 Å².